The lowest BCUT2D eigenvalue weighted by Gasteiger charge is -2.26. The molecule has 104 valence electrons. The minimum Gasteiger partial charge on any atom is -0.389 e. The summed E-state index contributed by atoms with van der Waals surface area (Å²) in [7, 11) is 0. The molecule has 0 aromatic heterocycles. The molecule has 0 atom stereocenters. The minimum absolute atomic E-state index is 0.467. The molecular weight excluding hydrogens is 252 g/mol. The monoisotopic (exact) mass is 276 g/mol. The molecule has 0 bridgehead atoms. The van der Waals surface area contributed by atoms with Crippen LogP contribution in [0.25, 0.3) is 0 Å². The van der Waals surface area contributed by atoms with Crippen LogP contribution in [0.4, 0.5) is 5.69 Å². The van der Waals surface area contributed by atoms with E-state index in [-0.39, 0.29) is 0 Å². The number of anilines is 1. The van der Waals surface area contributed by atoms with Crippen molar-refractivity contribution in [2.24, 2.45) is 17.6 Å². The van der Waals surface area contributed by atoms with Gasteiger partial charge in [-0.15, -0.1) is 0 Å². The molecule has 3 N–H and O–H groups in total. The smallest absolute Gasteiger partial charge is 0.106 e. The van der Waals surface area contributed by atoms with Gasteiger partial charge in [-0.1, -0.05) is 57.0 Å². The van der Waals surface area contributed by atoms with E-state index in [1.807, 2.05) is 18.2 Å². The average Bonchev–Trinajstić information content (AvgIpc) is 2.41. The molecule has 1 aliphatic carbocycles. The lowest BCUT2D eigenvalue weighted by molar-refractivity contribution is 0.282. The van der Waals surface area contributed by atoms with Crippen molar-refractivity contribution in [1.82, 2.24) is 0 Å². The molecule has 0 amide bonds. The Morgan fingerprint density at radius 1 is 1.26 bits per heavy atom. The summed E-state index contributed by atoms with van der Waals surface area (Å²) in [5.41, 5.74) is 7.76. The number of nitrogens with one attached hydrogen (secondary N) is 1. The van der Waals surface area contributed by atoms with Gasteiger partial charge in [-0.05, 0) is 30.4 Å². The van der Waals surface area contributed by atoms with E-state index in [4.69, 9.17) is 18.0 Å². The second-order valence-corrected chi connectivity index (χ2v) is 6.19. The maximum atomic E-state index is 5.74. The third kappa shape index (κ3) is 4.20. The predicted molar refractivity (Wildman–Crippen MR) is 86.6 cm³/mol. The molecule has 0 saturated heterocycles. The molecule has 0 spiro atoms. The highest BCUT2D eigenvalue weighted by atomic mass is 32.1. The molecule has 2 nitrogen and oxygen atoms in total. The molecule has 0 unspecified atom stereocenters. The van der Waals surface area contributed by atoms with Crippen LogP contribution in [0.3, 0.4) is 0 Å². The molecule has 1 aliphatic rings. The van der Waals surface area contributed by atoms with E-state index >= 15 is 0 Å². The van der Waals surface area contributed by atoms with Crippen molar-refractivity contribution >= 4 is 22.9 Å². The molecule has 0 aliphatic heterocycles. The van der Waals surface area contributed by atoms with E-state index in [2.05, 4.69) is 18.3 Å². The molecule has 3 heteroatoms. The third-order valence-corrected chi connectivity index (χ3v) is 4.42. The second kappa shape index (κ2) is 6.90. The van der Waals surface area contributed by atoms with E-state index < -0.39 is 0 Å². The van der Waals surface area contributed by atoms with Crippen LogP contribution in [0.1, 0.15) is 44.6 Å². The van der Waals surface area contributed by atoms with Crippen LogP contribution < -0.4 is 11.1 Å². The summed E-state index contributed by atoms with van der Waals surface area (Å²) < 4.78 is 0. The zero-order valence-electron chi connectivity index (χ0n) is 11.7. The third-order valence-electron chi connectivity index (χ3n) is 4.20. The standard InChI is InChI=1S/C16H24N2S/c1-12-6-8-13(9-7-12)10-11-18-15-5-3-2-4-14(15)16(17)19/h2-5,12-13,18H,6-11H2,1H3,(H2,17,19). The van der Waals surface area contributed by atoms with Crippen molar-refractivity contribution in [1.29, 1.82) is 0 Å². The van der Waals surface area contributed by atoms with Gasteiger partial charge < -0.3 is 11.1 Å². The number of hydrogen-bond acceptors (Lipinski definition) is 2. The summed E-state index contributed by atoms with van der Waals surface area (Å²) in [4.78, 5) is 0.467. The van der Waals surface area contributed by atoms with E-state index in [1.54, 1.807) is 0 Å². The number of nitrogens with two attached hydrogens (primary N) is 1. The number of para-hydroxylation sites is 1. The first-order chi connectivity index (χ1) is 9.16. The van der Waals surface area contributed by atoms with Gasteiger partial charge in [-0.2, -0.15) is 0 Å². The Hall–Kier alpha value is -1.09. The van der Waals surface area contributed by atoms with Crippen LogP contribution in [0.15, 0.2) is 24.3 Å². The van der Waals surface area contributed by atoms with Gasteiger partial charge in [0.25, 0.3) is 0 Å². The Morgan fingerprint density at radius 2 is 1.95 bits per heavy atom. The second-order valence-electron chi connectivity index (χ2n) is 5.75. The van der Waals surface area contributed by atoms with E-state index in [9.17, 15) is 0 Å². The van der Waals surface area contributed by atoms with Crippen LogP contribution >= 0.6 is 12.2 Å². The zero-order chi connectivity index (χ0) is 13.7. The van der Waals surface area contributed by atoms with Crippen molar-refractivity contribution in [3.05, 3.63) is 29.8 Å². The predicted octanol–water partition coefficient (Wildman–Crippen LogP) is 3.95. The number of rotatable bonds is 5. The van der Waals surface area contributed by atoms with Gasteiger partial charge in [0.1, 0.15) is 4.99 Å². The quantitative estimate of drug-likeness (QED) is 0.800. The van der Waals surface area contributed by atoms with E-state index in [0.29, 0.717) is 4.99 Å². The molecular formula is C16H24N2S. The highest BCUT2D eigenvalue weighted by molar-refractivity contribution is 7.80. The molecule has 1 aromatic rings. The first-order valence-corrected chi connectivity index (χ1v) is 7.70. The summed E-state index contributed by atoms with van der Waals surface area (Å²) in [5, 5.41) is 3.49. The summed E-state index contributed by atoms with van der Waals surface area (Å²) in [6.45, 7) is 3.38. The summed E-state index contributed by atoms with van der Waals surface area (Å²) in [5.74, 6) is 1.82. The summed E-state index contributed by atoms with van der Waals surface area (Å²) >= 11 is 5.08. The normalized spacial score (nSPS) is 23.0. The van der Waals surface area contributed by atoms with Crippen LogP contribution in [-0.2, 0) is 0 Å². The first-order valence-electron chi connectivity index (χ1n) is 7.29. The maximum Gasteiger partial charge on any atom is 0.106 e. The topological polar surface area (TPSA) is 38.0 Å². The Balaban J connectivity index is 1.81. The molecule has 1 aromatic carbocycles. The number of hydrogen-bond donors (Lipinski definition) is 2. The van der Waals surface area contributed by atoms with Gasteiger partial charge in [0.15, 0.2) is 0 Å². The highest BCUT2D eigenvalue weighted by Crippen LogP contribution is 2.30. The maximum absolute atomic E-state index is 5.74. The lowest BCUT2D eigenvalue weighted by Crippen LogP contribution is -2.17. The van der Waals surface area contributed by atoms with Crippen molar-refractivity contribution in [3.63, 3.8) is 0 Å². The van der Waals surface area contributed by atoms with Gasteiger partial charge in [0.2, 0.25) is 0 Å². The van der Waals surface area contributed by atoms with Gasteiger partial charge in [-0.25, -0.2) is 0 Å². The van der Waals surface area contributed by atoms with Gasteiger partial charge in [0, 0.05) is 17.8 Å². The Morgan fingerprint density at radius 3 is 2.63 bits per heavy atom. The molecule has 2 rings (SSSR count). The van der Waals surface area contributed by atoms with Gasteiger partial charge in [0.05, 0.1) is 0 Å². The molecule has 1 fully saturated rings. The average molecular weight is 276 g/mol. The Kier molecular flexibility index (Phi) is 5.20. The summed E-state index contributed by atoms with van der Waals surface area (Å²) in [6, 6.07) is 8.03. The zero-order valence-corrected chi connectivity index (χ0v) is 12.5. The Bertz CT molecular complexity index is 423. The molecule has 19 heavy (non-hydrogen) atoms. The molecule has 0 radical (unpaired) electrons. The molecule has 1 saturated carbocycles. The first kappa shape index (κ1) is 14.3. The fraction of sp³-hybridized carbons (Fsp3) is 0.562. The fourth-order valence-corrected chi connectivity index (χ4v) is 3.06. The Labute approximate surface area is 121 Å². The van der Waals surface area contributed by atoms with E-state index in [1.165, 1.54) is 32.1 Å². The lowest BCUT2D eigenvalue weighted by atomic mass is 9.81. The van der Waals surface area contributed by atoms with Crippen LogP contribution in [0.2, 0.25) is 0 Å². The van der Waals surface area contributed by atoms with Crippen LogP contribution in [0, 0.1) is 11.8 Å². The van der Waals surface area contributed by atoms with E-state index in [0.717, 1.165) is 29.6 Å². The minimum atomic E-state index is 0.467. The highest BCUT2D eigenvalue weighted by Gasteiger charge is 2.17. The van der Waals surface area contributed by atoms with Crippen molar-refractivity contribution in [2.45, 2.75) is 39.0 Å². The SMILES string of the molecule is CC1CCC(CCNc2ccccc2C(N)=S)CC1. The largest absolute Gasteiger partial charge is 0.389 e. The van der Waals surface area contributed by atoms with Crippen LogP contribution in [0.5, 0.6) is 0 Å². The van der Waals surface area contributed by atoms with Crippen molar-refractivity contribution < 1.29 is 0 Å². The number of thiocarbonyl (C=S) groups is 1. The van der Waals surface area contributed by atoms with Crippen molar-refractivity contribution in [3.8, 4) is 0 Å². The van der Waals surface area contributed by atoms with Crippen molar-refractivity contribution in [2.75, 3.05) is 11.9 Å². The molecule has 0 heterocycles. The fourth-order valence-electron chi connectivity index (χ4n) is 2.88. The number of benzene rings is 1. The van der Waals surface area contributed by atoms with Crippen LogP contribution in [-0.4, -0.2) is 11.5 Å². The summed E-state index contributed by atoms with van der Waals surface area (Å²) in [6.07, 6.45) is 6.82. The van der Waals surface area contributed by atoms with Gasteiger partial charge >= 0.3 is 0 Å². The van der Waals surface area contributed by atoms with Gasteiger partial charge in [-0.3, -0.25) is 0 Å².